The van der Waals surface area contributed by atoms with Gasteiger partial charge in [-0.1, -0.05) is 17.7 Å². The highest BCUT2D eigenvalue weighted by molar-refractivity contribution is 6.31. The fourth-order valence-electron chi connectivity index (χ4n) is 2.10. The third-order valence-electron chi connectivity index (χ3n) is 3.09. The van der Waals surface area contributed by atoms with Gasteiger partial charge in [0.2, 0.25) is 0 Å². The minimum absolute atomic E-state index is 0.0795. The molecule has 2 rings (SSSR count). The van der Waals surface area contributed by atoms with Crippen molar-refractivity contribution in [1.82, 2.24) is 15.1 Å². The van der Waals surface area contributed by atoms with Gasteiger partial charge in [0.25, 0.3) is 0 Å². The van der Waals surface area contributed by atoms with E-state index in [2.05, 4.69) is 10.4 Å². The lowest BCUT2D eigenvalue weighted by Crippen LogP contribution is -2.25. The highest BCUT2D eigenvalue weighted by atomic mass is 35.5. The predicted molar refractivity (Wildman–Crippen MR) is 76.4 cm³/mol. The topological polar surface area (TPSA) is 67.2 Å². The molecule has 0 aliphatic heterocycles. The van der Waals surface area contributed by atoms with E-state index in [1.807, 2.05) is 0 Å². The van der Waals surface area contributed by atoms with Crippen LogP contribution in [0.4, 0.5) is 8.78 Å². The highest BCUT2D eigenvalue weighted by Gasteiger charge is 2.20. The molecule has 22 heavy (non-hydrogen) atoms. The number of aromatic nitrogens is 2. The van der Waals surface area contributed by atoms with Crippen molar-refractivity contribution in [2.45, 2.75) is 19.0 Å². The van der Waals surface area contributed by atoms with Crippen LogP contribution in [0.1, 0.15) is 23.7 Å². The van der Waals surface area contributed by atoms with Gasteiger partial charge in [0, 0.05) is 37.5 Å². The van der Waals surface area contributed by atoms with Crippen LogP contribution < -0.4 is 5.32 Å². The van der Waals surface area contributed by atoms with Gasteiger partial charge in [-0.25, -0.2) is 8.78 Å². The van der Waals surface area contributed by atoms with Gasteiger partial charge in [0.05, 0.1) is 17.1 Å². The summed E-state index contributed by atoms with van der Waals surface area (Å²) in [6.45, 7) is 0.161. The number of benzene rings is 1. The summed E-state index contributed by atoms with van der Waals surface area (Å²) < 4.78 is 28.3. The Morgan fingerprint density at radius 1 is 1.50 bits per heavy atom. The Labute approximate surface area is 130 Å². The van der Waals surface area contributed by atoms with Crippen molar-refractivity contribution in [3.05, 3.63) is 52.3 Å². The summed E-state index contributed by atoms with van der Waals surface area (Å²) in [5.74, 6) is -2.62. The summed E-state index contributed by atoms with van der Waals surface area (Å²) in [5.41, 5.74) is 0.595. The van der Waals surface area contributed by atoms with E-state index in [0.717, 1.165) is 12.1 Å². The van der Waals surface area contributed by atoms with Crippen molar-refractivity contribution in [1.29, 1.82) is 0 Å². The lowest BCUT2D eigenvalue weighted by atomic mass is 10.0. The van der Waals surface area contributed by atoms with E-state index in [1.165, 1.54) is 10.7 Å². The maximum Gasteiger partial charge on any atom is 0.305 e. The van der Waals surface area contributed by atoms with Crippen LogP contribution in [-0.2, 0) is 18.4 Å². The van der Waals surface area contributed by atoms with Crippen molar-refractivity contribution >= 4 is 17.6 Å². The smallest absolute Gasteiger partial charge is 0.305 e. The molecule has 0 aliphatic rings. The summed E-state index contributed by atoms with van der Waals surface area (Å²) in [7, 11) is 1.70. The number of rotatable bonds is 6. The number of aryl methyl sites for hydroxylation is 1. The summed E-state index contributed by atoms with van der Waals surface area (Å²) in [5, 5.41) is 16.4. The van der Waals surface area contributed by atoms with Gasteiger partial charge >= 0.3 is 5.97 Å². The maximum atomic E-state index is 13.8. The van der Waals surface area contributed by atoms with Crippen molar-refractivity contribution < 1.29 is 18.7 Å². The SMILES string of the molecule is Cn1cc(Cl)c(CN[C@H](CC(=O)O)c2ccc(F)cc2F)n1. The first kappa shape index (κ1) is 16.4. The van der Waals surface area contributed by atoms with E-state index in [-0.39, 0.29) is 18.5 Å². The Hall–Kier alpha value is -1.99. The molecule has 118 valence electrons. The average molecular weight is 330 g/mol. The van der Waals surface area contributed by atoms with E-state index in [4.69, 9.17) is 16.7 Å². The maximum absolute atomic E-state index is 13.8. The first-order chi connectivity index (χ1) is 10.4. The number of hydrogen-bond acceptors (Lipinski definition) is 3. The Balaban J connectivity index is 2.19. The standard InChI is InChI=1S/C14H14ClF2N3O2/c1-20-7-10(15)13(19-20)6-18-12(5-14(21)22)9-3-2-8(16)4-11(9)17/h2-4,7,12,18H,5-6H2,1H3,(H,21,22)/t12-/m1/s1. The molecule has 0 unspecified atom stereocenters. The molecule has 2 N–H and O–H groups in total. The number of nitrogens with one attached hydrogen (secondary N) is 1. The molecule has 1 aromatic heterocycles. The molecule has 0 radical (unpaired) electrons. The van der Waals surface area contributed by atoms with Crippen molar-refractivity contribution in [2.24, 2.45) is 7.05 Å². The van der Waals surface area contributed by atoms with Crippen LogP contribution in [0.15, 0.2) is 24.4 Å². The predicted octanol–water partition coefficient (Wildman–Crippen LogP) is 2.66. The lowest BCUT2D eigenvalue weighted by Gasteiger charge is -2.17. The van der Waals surface area contributed by atoms with Crippen LogP contribution in [0.5, 0.6) is 0 Å². The number of halogens is 3. The molecule has 0 saturated carbocycles. The van der Waals surface area contributed by atoms with Gasteiger partial charge in [-0.05, 0) is 6.07 Å². The molecular formula is C14H14ClF2N3O2. The summed E-state index contributed by atoms with van der Waals surface area (Å²) >= 11 is 5.97. The number of carboxylic acid groups (broad SMARTS) is 1. The Morgan fingerprint density at radius 3 is 2.77 bits per heavy atom. The van der Waals surface area contributed by atoms with E-state index in [1.54, 1.807) is 13.2 Å². The van der Waals surface area contributed by atoms with Crippen molar-refractivity contribution in [3.63, 3.8) is 0 Å². The summed E-state index contributed by atoms with van der Waals surface area (Å²) in [6.07, 6.45) is 1.25. The normalized spacial score (nSPS) is 12.4. The molecule has 0 spiro atoms. The summed E-state index contributed by atoms with van der Waals surface area (Å²) in [4.78, 5) is 11.0. The van der Waals surface area contributed by atoms with E-state index in [9.17, 15) is 13.6 Å². The first-order valence-corrected chi connectivity index (χ1v) is 6.82. The van der Waals surface area contributed by atoms with Crippen LogP contribution >= 0.6 is 11.6 Å². The van der Waals surface area contributed by atoms with E-state index >= 15 is 0 Å². The quantitative estimate of drug-likeness (QED) is 0.855. The number of aliphatic carboxylic acids is 1. The minimum Gasteiger partial charge on any atom is -0.481 e. The zero-order chi connectivity index (χ0) is 16.3. The second-order valence-electron chi connectivity index (χ2n) is 4.79. The van der Waals surface area contributed by atoms with Crippen LogP contribution in [0.3, 0.4) is 0 Å². The molecule has 1 heterocycles. The molecule has 5 nitrogen and oxygen atoms in total. The molecule has 1 aromatic carbocycles. The van der Waals surface area contributed by atoms with Crippen molar-refractivity contribution in [2.75, 3.05) is 0 Å². The van der Waals surface area contributed by atoms with Crippen molar-refractivity contribution in [3.8, 4) is 0 Å². The van der Waals surface area contributed by atoms with Crippen LogP contribution in [-0.4, -0.2) is 20.9 Å². The number of hydrogen-bond donors (Lipinski definition) is 2. The molecular weight excluding hydrogens is 316 g/mol. The van der Waals surface area contributed by atoms with Crippen LogP contribution in [0.25, 0.3) is 0 Å². The Bertz CT molecular complexity index is 691. The van der Waals surface area contributed by atoms with E-state index in [0.29, 0.717) is 10.7 Å². The van der Waals surface area contributed by atoms with Gasteiger partial charge in [-0.3, -0.25) is 9.48 Å². The van der Waals surface area contributed by atoms with Gasteiger partial charge < -0.3 is 10.4 Å². The fourth-order valence-corrected chi connectivity index (χ4v) is 2.34. The lowest BCUT2D eigenvalue weighted by molar-refractivity contribution is -0.137. The average Bonchev–Trinajstić information content (AvgIpc) is 2.73. The van der Waals surface area contributed by atoms with Gasteiger partial charge in [0.1, 0.15) is 11.6 Å². The molecule has 1 atom stereocenters. The molecule has 0 bridgehead atoms. The third kappa shape index (κ3) is 4.02. The largest absolute Gasteiger partial charge is 0.481 e. The zero-order valence-corrected chi connectivity index (χ0v) is 12.4. The van der Waals surface area contributed by atoms with Crippen LogP contribution in [0, 0.1) is 11.6 Å². The molecule has 0 aliphatic carbocycles. The molecule has 8 heteroatoms. The first-order valence-electron chi connectivity index (χ1n) is 6.45. The molecule has 0 saturated heterocycles. The molecule has 2 aromatic rings. The van der Waals surface area contributed by atoms with Gasteiger partial charge in [-0.2, -0.15) is 5.10 Å². The molecule has 0 fully saturated rings. The Morgan fingerprint density at radius 2 is 2.23 bits per heavy atom. The second kappa shape index (κ2) is 6.85. The summed E-state index contributed by atoms with van der Waals surface area (Å²) in [6, 6.07) is 2.21. The third-order valence-corrected chi connectivity index (χ3v) is 3.40. The highest BCUT2D eigenvalue weighted by Crippen LogP contribution is 2.22. The monoisotopic (exact) mass is 329 g/mol. The fraction of sp³-hybridized carbons (Fsp3) is 0.286. The number of carbonyl (C=O) groups is 1. The van der Waals surface area contributed by atoms with Gasteiger partial charge in [-0.15, -0.1) is 0 Å². The van der Waals surface area contributed by atoms with Gasteiger partial charge in [0.15, 0.2) is 0 Å². The number of carboxylic acids is 1. The van der Waals surface area contributed by atoms with Crippen LogP contribution in [0.2, 0.25) is 5.02 Å². The minimum atomic E-state index is -1.10. The molecule has 0 amide bonds. The second-order valence-corrected chi connectivity index (χ2v) is 5.20. The number of nitrogens with zero attached hydrogens (tertiary/aromatic N) is 2. The van der Waals surface area contributed by atoms with E-state index < -0.39 is 23.6 Å². The zero-order valence-electron chi connectivity index (χ0n) is 11.7. The Kier molecular flexibility index (Phi) is 5.10.